The van der Waals surface area contributed by atoms with Crippen molar-refractivity contribution >= 4 is 22.2 Å². The van der Waals surface area contributed by atoms with E-state index in [1.54, 1.807) is 4.31 Å². The maximum atomic E-state index is 13.1. The van der Waals surface area contributed by atoms with Crippen LogP contribution in [0.5, 0.6) is 0 Å². The van der Waals surface area contributed by atoms with E-state index in [1.807, 2.05) is 61.5 Å². The van der Waals surface area contributed by atoms with Gasteiger partial charge in [-0.1, -0.05) is 17.7 Å². The summed E-state index contributed by atoms with van der Waals surface area (Å²) in [5, 5.41) is 0. The van der Waals surface area contributed by atoms with E-state index < -0.39 is 10.0 Å². The van der Waals surface area contributed by atoms with E-state index >= 15 is 0 Å². The van der Waals surface area contributed by atoms with Gasteiger partial charge in [-0.05, 0) is 44.1 Å². The maximum Gasteiger partial charge on any atom is 0.243 e. The largest absolute Gasteiger partial charge is 0.327 e. The van der Waals surface area contributed by atoms with Gasteiger partial charge in [0.05, 0.1) is 11.6 Å². The Hall–Kier alpha value is -1.48. The number of imidazole rings is 1. The topological polar surface area (TPSA) is 50.5 Å². The number of rotatable bonds is 4. The molecular weight excluding hydrogens is 368 g/mol. The highest BCUT2D eigenvalue weighted by atomic mass is 32.2. The molecule has 0 atom stereocenters. The average molecular weight is 395 g/mol. The molecule has 2 aromatic rings. The molecule has 0 N–H and O–H groups in total. The van der Waals surface area contributed by atoms with Crippen LogP contribution in [0.15, 0.2) is 29.4 Å². The molecule has 1 aromatic heterocycles. The SMILES string of the molecule is Cc1cc(C)c(S(=O)(=O)N2CCN(Cn3ccn(C)c3=S)CC2)c(C)c1. The molecule has 1 aromatic carbocycles. The molecule has 6 nitrogen and oxygen atoms in total. The van der Waals surface area contributed by atoms with E-state index in [0.29, 0.717) is 37.7 Å². The fourth-order valence-corrected chi connectivity index (χ4v) is 5.66. The summed E-state index contributed by atoms with van der Waals surface area (Å²) in [6.07, 6.45) is 3.90. The second kappa shape index (κ2) is 7.26. The Balaban J connectivity index is 1.73. The van der Waals surface area contributed by atoms with Crippen LogP contribution < -0.4 is 0 Å². The summed E-state index contributed by atoms with van der Waals surface area (Å²) in [4.78, 5) is 2.69. The van der Waals surface area contributed by atoms with Crippen molar-refractivity contribution in [3.05, 3.63) is 46.0 Å². The van der Waals surface area contributed by atoms with Crippen LogP contribution in [0.25, 0.3) is 0 Å². The number of benzene rings is 1. The van der Waals surface area contributed by atoms with Crippen LogP contribution in [0.4, 0.5) is 0 Å². The van der Waals surface area contributed by atoms with E-state index in [2.05, 4.69) is 4.90 Å². The number of sulfonamides is 1. The van der Waals surface area contributed by atoms with E-state index in [9.17, 15) is 8.42 Å². The molecule has 0 bridgehead atoms. The summed E-state index contributed by atoms with van der Waals surface area (Å²) in [6.45, 7) is 8.81. The van der Waals surface area contributed by atoms with Crippen molar-refractivity contribution in [1.82, 2.24) is 18.3 Å². The minimum Gasteiger partial charge on any atom is -0.327 e. The summed E-state index contributed by atoms with van der Waals surface area (Å²) in [5.74, 6) is 0. The molecule has 8 heteroatoms. The second-order valence-corrected chi connectivity index (χ2v) is 9.29. The molecule has 2 heterocycles. The second-order valence-electron chi connectivity index (χ2n) is 7.05. The molecule has 0 saturated carbocycles. The standard InChI is InChI=1S/C18H26N4O2S2/c1-14-11-15(2)17(16(3)12-14)26(23,24)22-9-6-20(7-10-22)13-21-8-5-19(4)18(21)25/h5,8,11-12H,6-7,9-10,13H2,1-4H3. The first-order valence-corrected chi connectivity index (χ1v) is 10.6. The number of piperazine rings is 1. The zero-order valence-corrected chi connectivity index (χ0v) is 17.4. The Morgan fingerprint density at radius 2 is 1.58 bits per heavy atom. The highest BCUT2D eigenvalue weighted by Gasteiger charge is 2.30. The van der Waals surface area contributed by atoms with Gasteiger partial charge in [0.25, 0.3) is 0 Å². The molecule has 1 aliphatic heterocycles. The quantitative estimate of drug-likeness (QED) is 0.748. The number of hydrogen-bond donors (Lipinski definition) is 0. The molecule has 1 fully saturated rings. The Morgan fingerprint density at radius 1 is 1.00 bits per heavy atom. The maximum absolute atomic E-state index is 13.1. The van der Waals surface area contributed by atoms with Crippen molar-refractivity contribution in [2.45, 2.75) is 32.3 Å². The Morgan fingerprint density at radius 3 is 2.08 bits per heavy atom. The number of hydrogen-bond acceptors (Lipinski definition) is 4. The van der Waals surface area contributed by atoms with Gasteiger partial charge in [0.15, 0.2) is 4.77 Å². The lowest BCUT2D eigenvalue weighted by atomic mass is 10.1. The van der Waals surface area contributed by atoms with Gasteiger partial charge in [-0.25, -0.2) is 8.42 Å². The van der Waals surface area contributed by atoms with E-state index in [1.165, 1.54) is 0 Å². The zero-order chi connectivity index (χ0) is 19.1. The van der Waals surface area contributed by atoms with E-state index in [0.717, 1.165) is 21.5 Å². The summed E-state index contributed by atoms with van der Waals surface area (Å²) in [7, 11) is -1.54. The van der Waals surface area contributed by atoms with Crippen molar-refractivity contribution in [2.24, 2.45) is 7.05 Å². The molecular formula is C18H26N4O2S2. The van der Waals surface area contributed by atoms with Crippen LogP contribution in [-0.4, -0.2) is 52.9 Å². The lowest BCUT2D eigenvalue weighted by Crippen LogP contribution is -2.49. The minimum atomic E-state index is -3.47. The van der Waals surface area contributed by atoms with Crippen molar-refractivity contribution in [3.63, 3.8) is 0 Å². The number of nitrogens with zero attached hydrogens (tertiary/aromatic N) is 4. The zero-order valence-electron chi connectivity index (χ0n) is 15.8. The molecule has 0 radical (unpaired) electrons. The van der Waals surface area contributed by atoms with E-state index in [-0.39, 0.29) is 0 Å². The molecule has 1 saturated heterocycles. The van der Waals surface area contributed by atoms with Crippen LogP contribution >= 0.6 is 12.2 Å². The van der Waals surface area contributed by atoms with Crippen LogP contribution in [0, 0.1) is 25.5 Å². The van der Waals surface area contributed by atoms with Gasteiger partial charge in [0.2, 0.25) is 10.0 Å². The lowest BCUT2D eigenvalue weighted by Gasteiger charge is -2.34. The van der Waals surface area contributed by atoms with Gasteiger partial charge in [0, 0.05) is 45.6 Å². The van der Waals surface area contributed by atoms with Gasteiger partial charge in [-0.15, -0.1) is 0 Å². The summed E-state index contributed by atoms with van der Waals surface area (Å²) in [6, 6.07) is 3.88. The average Bonchev–Trinajstić information content (AvgIpc) is 2.86. The predicted octanol–water partition coefficient (Wildman–Crippen LogP) is 2.45. The number of aromatic nitrogens is 2. The van der Waals surface area contributed by atoms with Crippen LogP contribution in [0.3, 0.4) is 0 Å². The molecule has 0 spiro atoms. The smallest absolute Gasteiger partial charge is 0.243 e. The highest BCUT2D eigenvalue weighted by molar-refractivity contribution is 7.89. The van der Waals surface area contributed by atoms with Crippen LogP contribution in [0.1, 0.15) is 16.7 Å². The van der Waals surface area contributed by atoms with Gasteiger partial charge in [-0.3, -0.25) is 4.90 Å². The van der Waals surface area contributed by atoms with Crippen molar-refractivity contribution in [2.75, 3.05) is 26.2 Å². The third-order valence-electron chi connectivity index (χ3n) is 4.90. The molecule has 1 aliphatic rings. The van der Waals surface area contributed by atoms with Crippen LogP contribution in [0.2, 0.25) is 0 Å². The summed E-state index contributed by atoms with van der Waals surface area (Å²) >= 11 is 5.37. The van der Waals surface area contributed by atoms with Crippen LogP contribution in [-0.2, 0) is 23.7 Å². The first kappa shape index (κ1) is 19.3. The van der Waals surface area contributed by atoms with Gasteiger partial charge in [0.1, 0.15) is 0 Å². The van der Waals surface area contributed by atoms with Gasteiger partial charge >= 0.3 is 0 Å². The minimum absolute atomic E-state index is 0.460. The molecule has 0 unspecified atom stereocenters. The summed E-state index contributed by atoms with van der Waals surface area (Å²) in [5.41, 5.74) is 2.73. The Labute approximate surface area is 160 Å². The first-order chi connectivity index (χ1) is 12.2. The Kier molecular flexibility index (Phi) is 5.39. The Bertz CT molecular complexity index is 944. The number of aryl methyl sites for hydroxylation is 4. The van der Waals surface area contributed by atoms with Gasteiger partial charge < -0.3 is 9.13 Å². The normalized spacial score (nSPS) is 16.9. The predicted molar refractivity (Wildman–Crippen MR) is 105 cm³/mol. The van der Waals surface area contributed by atoms with Gasteiger partial charge in [-0.2, -0.15) is 4.31 Å². The lowest BCUT2D eigenvalue weighted by molar-refractivity contribution is 0.151. The third kappa shape index (κ3) is 3.64. The summed E-state index contributed by atoms with van der Waals surface area (Å²) < 4.78 is 32.6. The fourth-order valence-electron chi connectivity index (χ4n) is 3.65. The highest BCUT2D eigenvalue weighted by Crippen LogP contribution is 2.26. The molecule has 0 amide bonds. The van der Waals surface area contributed by atoms with E-state index in [4.69, 9.17) is 12.2 Å². The molecule has 26 heavy (non-hydrogen) atoms. The molecule has 3 rings (SSSR count). The molecule has 142 valence electrons. The monoisotopic (exact) mass is 394 g/mol. The van der Waals surface area contributed by atoms with Crippen molar-refractivity contribution < 1.29 is 8.42 Å². The van der Waals surface area contributed by atoms with Crippen molar-refractivity contribution in [1.29, 1.82) is 0 Å². The molecule has 0 aliphatic carbocycles. The first-order valence-electron chi connectivity index (χ1n) is 8.72. The van der Waals surface area contributed by atoms with Crippen molar-refractivity contribution in [3.8, 4) is 0 Å². The fraction of sp³-hybridized carbons (Fsp3) is 0.500. The third-order valence-corrected chi connectivity index (χ3v) is 7.63.